The Morgan fingerprint density at radius 2 is 1.12 bits per heavy atom. The topological polar surface area (TPSA) is 75.5 Å². The first kappa shape index (κ1) is 32.7. The Labute approximate surface area is 258 Å². The molecule has 0 radical (unpaired) electrons. The van der Waals surface area contributed by atoms with Crippen LogP contribution in [0.1, 0.15) is 90.4 Å². The van der Waals surface area contributed by atoms with Crippen LogP contribution in [-0.2, 0) is 0 Å². The van der Waals surface area contributed by atoms with E-state index in [-0.39, 0.29) is 11.9 Å². The second-order valence-electron chi connectivity index (χ2n) is 13.3. The van der Waals surface area contributed by atoms with Gasteiger partial charge in [-0.25, -0.2) is 0 Å². The van der Waals surface area contributed by atoms with Crippen molar-refractivity contribution in [3.05, 3.63) is 72.1 Å². The largest absolute Gasteiger partial charge is 0.508 e. The standard InChI is InChI=1S/C19H25NO.C10H9NO.C9H18O/c1-13(2)15-6-8-17(9-7-15)21-18-10-11-19-16(12-18)5-4-14(3)20-19;1-7-2-3-8-6-9(12)4-5-10(8)11-7;1-7(2)8-3-5-9(10)6-4-8/h4-5,10-13,15,17H,6-9H2,1-3H3;2-6,12H,1H3;7-10H,3-6H2,1-2H3. The maximum atomic E-state index is 9.21. The van der Waals surface area contributed by atoms with Gasteiger partial charge in [0.2, 0.25) is 0 Å². The highest BCUT2D eigenvalue weighted by Gasteiger charge is 2.24. The Hall–Kier alpha value is -3.18. The Bertz CT molecular complexity index is 1390. The summed E-state index contributed by atoms with van der Waals surface area (Å²) in [7, 11) is 0. The van der Waals surface area contributed by atoms with E-state index in [4.69, 9.17) is 4.74 Å². The van der Waals surface area contributed by atoms with Crippen molar-refractivity contribution in [1.82, 2.24) is 9.97 Å². The molecule has 2 aromatic heterocycles. The number of hydrogen-bond donors (Lipinski definition) is 2. The molecule has 2 N–H and O–H groups in total. The van der Waals surface area contributed by atoms with Gasteiger partial charge >= 0.3 is 0 Å². The van der Waals surface area contributed by atoms with Crippen molar-refractivity contribution in [1.29, 1.82) is 0 Å². The molecule has 0 atom stereocenters. The lowest BCUT2D eigenvalue weighted by molar-refractivity contribution is 0.0963. The van der Waals surface area contributed by atoms with Crippen LogP contribution in [0.5, 0.6) is 11.5 Å². The minimum Gasteiger partial charge on any atom is -0.508 e. The third-order valence-electron chi connectivity index (χ3n) is 9.26. The van der Waals surface area contributed by atoms with E-state index in [0.717, 1.165) is 75.5 Å². The van der Waals surface area contributed by atoms with Gasteiger partial charge in [-0.15, -0.1) is 0 Å². The van der Waals surface area contributed by atoms with E-state index in [2.05, 4.69) is 68.0 Å². The summed E-state index contributed by atoms with van der Waals surface area (Å²) in [5, 5.41) is 20.5. The number of aliphatic hydroxyl groups excluding tert-OH is 1. The smallest absolute Gasteiger partial charge is 0.120 e. The fourth-order valence-corrected chi connectivity index (χ4v) is 6.33. The third kappa shape index (κ3) is 9.92. The highest BCUT2D eigenvalue weighted by atomic mass is 16.5. The third-order valence-corrected chi connectivity index (χ3v) is 9.26. The molecule has 0 spiro atoms. The predicted octanol–water partition coefficient (Wildman–Crippen LogP) is 9.58. The SMILES string of the molecule is CC(C)C1CCC(O)CC1.Cc1ccc2cc(O)ccc2n1.Cc1ccc2cc(OC3CCC(C(C)C)CC3)ccc2n1. The first-order valence-corrected chi connectivity index (χ1v) is 16.4. The number of fused-ring (bicyclic) bond motifs is 2. The van der Waals surface area contributed by atoms with Crippen molar-refractivity contribution in [3.8, 4) is 11.5 Å². The Balaban J connectivity index is 0.000000163. The van der Waals surface area contributed by atoms with Gasteiger partial charge in [0.25, 0.3) is 0 Å². The zero-order chi connectivity index (χ0) is 30.9. The summed E-state index contributed by atoms with van der Waals surface area (Å²) in [5.41, 5.74) is 4.02. The Morgan fingerprint density at radius 3 is 1.65 bits per heavy atom. The number of nitrogens with zero attached hydrogens (tertiary/aromatic N) is 2. The van der Waals surface area contributed by atoms with Gasteiger partial charge in [0.15, 0.2) is 0 Å². The van der Waals surface area contributed by atoms with E-state index < -0.39 is 0 Å². The number of aliphatic hydroxyl groups is 1. The molecule has 43 heavy (non-hydrogen) atoms. The minimum absolute atomic E-state index is 0.00926. The number of benzene rings is 2. The lowest BCUT2D eigenvalue weighted by Gasteiger charge is -2.31. The van der Waals surface area contributed by atoms with Crippen molar-refractivity contribution < 1.29 is 14.9 Å². The van der Waals surface area contributed by atoms with Crippen LogP contribution in [0.3, 0.4) is 0 Å². The molecule has 2 aliphatic rings. The first-order valence-electron chi connectivity index (χ1n) is 16.4. The Morgan fingerprint density at radius 1 is 0.628 bits per heavy atom. The minimum atomic E-state index is 0.00926. The van der Waals surface area contributed by atoms with Crippen molar-refractivity contribution in [2.24, 2.45) is 23.7 Å². The zero-order valence-electron chi connectivity index (χ0n) is 27.1. The van der Waals surface area contributed by atoms with Crippen LogP contribution >= 0.6 is 0 Å². The van der Waals surface area contributed by atoms with Crippen LogP contribution in [0.25, 0.3) is 21.8 Å². The van der Waals surface area contributed by atoms with Gasteiger partial charge in [0.1, 0.15) is 11.5 Å². The second kappa shape index (κ2) is 15.5. The molecule has 0 aliphatic heterocycles. The molecule has 2 aromatic carbocycles. The maximum Gasteiger partial charge on any atom is 0.120 e. The molecule has 232 valence electrons. The number of ether oxygens (including phenoxy) is 1. The summed E-state index contributed by atoms with van der Waals surface area (Å²) in [6, 6.07) is 19.5. The fourth-order valence-electron chi connectivity index (χ4n) is 6.33. The van der Waals surface area contributed by atoms with Crippen LogP contribution in [-0.4, -0.2) is 32.4 Å². The molecular weight excluding hydrogens is 532 g/mol. The van der Waals surface area contributed by atoms with E-state index in [0.29, 0.717) is 6.10 Å². The van der Waals surface area contributed by atoms with E-state index in [9.17, 15) is 10.2 Å². The van der Waals surface area contributed by atoms with Gasteiger partial charge in [-0.1, -0.05) is 39.8 Å². The van der Waals surface area contributed by atoms with Crippen LogP contribution < -0.4 is 4.74 Å². The number of aryl methyl sites for hydroxylation is 2. The highest BCUT2D eigenvalue weighted by Crippen LogP contribution is 2.33. The summed E-state index contributed by atoms with van der Waals surface area (Å²) in [6.45, 7) is 13.2. The number of phenolic OH excluding ortho intramolecular Hbond substituents is 1. The Kier molecular flexibility index (Phi) is 11.8. The summed E-state index contributed by atoms with van der Waals surface area (Å²) in [5.74, 6) is 4.65. The molecule has 5 heteroatoms. The van der Waals surface area contributed by atoms with Crippen molar-refractivity contribution in [3.63, 3.8) is 0 Å². The van der Waals surface area contributed by atoms with Crippen molar-refractivity contribution in [2.75, 3.05) is 0 Å². The van der Waals surface area contributed by atoms with Gasteiger partial charge in [0.05, 0.1) is 23.2 Å². The molecule has 4 aromatic rings. The number of phenols is 1. The molecule has 2 saturated carbocycles. The number of hydrogen-bond acceptors (Lipinski definition) is 5. The molecule has 0 saturated heterocycles. The summed E-state index contributed by atoms with van der Waals surface area (Å²) in [6.07, 6.45) is 9.90. The molecule has 0 amide bonds. The number of aromatic nitrogens is 2. The maximum absolute atomic E-state index is 9.21. The van der Waals surface area contributed by atoms with Crippen molar-refractivity contribution in [2.45, 2.75) is 105 Å². The summed E-state index contributed by atoms with van der Waals surface area (Å²) in [4.78, 5) is 8.84. The van der Waals surface area contributed by atoms with Crippen LogP contribution in [0.15, 0.2) is 60.7 Å². The normalized spacial score (nSPS) is 22.1. The van der Waals surface area contributed by atoms with E-state index in [1.54, 1.807) is 12.1 Å². The van der Waals surface area contributed by atoms with E-state index in [1.165, 1.54) is 38.5 Å². The molecule has 6 rings (SSSR count). The molecular formula is C38H52N2O3. The second-order valence-corrected chi connectivity index (χ2v) is 13.3. The van der Waals surface area contributed by atoms with E-state index in [1.807, 2.05) is 32.0 Å². The van der Waals surface area contributed by atoms with Crippen molar-refractivity contribution >= 4 is 21.8 Å². The van der Waals surface area contributed by atoms with Gasteiger partial charge in [-0.3, -0.25) is 9.97 Å². The van der Waals surface area contributed by atoms with Crippen LogP contribution in [0.4, 0.5) is 0 Å². The fraction of sp³-hybridized carbons (Fsp3) is 0.526. The molecule has 5 nitrogen and oxygen atoms in total. The van der Waals surface area contributed by atoms with Gasteiger partial charge in [-0.2, -0.15) is 0 Å². The monoisotopic (exact) mass is 584 g/mol. The molecule has 2 fully saturated rings. The average Bonchev–Trinajstić information content (AvgIpc) is 2.98. The predicted molar refractivity (Wildman–Crippen MR) is 179 cm³/mol. The molecule has 2 heterocycles. The summed E-state index contributed by atoms with van der Waals surface area (Å²) < 4.78 is 6.19. The van der Waals surface area contributed by atoms with Gasteiger partial charge in [-0.05, 0) is 137 Å². The molecule has 0 bridgehead atoms. The quantitative estimate of drug-likeness (QED) is 0.250. The highest BCUT2D eigenvalue weighted by molar-refractivity contribution is 5.80. The lowest BCUT2D eigenvalue weighted by Crippen LogP contribution is -2.26. The van der Waals surface area contributed by atoms with E-state index >= 15 is 0 Å². The average molecular weight is 585 g/mol. The van der Waals surface area contributed by atoms with Gasteiger partial charge < -0.3 is 14.9 Å². The number of pyridine rings is 2. The summed E-state index contributed by atoms with van der Waals surface area (Å²) >= 11 is 0. The van der Waals surface area contributed by atoms with Crippen LogP contribution in [0.2, 0.25) is 0 Å². The first-order chi connectivity index (χ1) is 20.6. The number of aromatic hydroxyl groups is 1. The zero-order valence-corrected chi connectivity index (χ0v) is 27.1. The van der Waals surface area contributed by atoms with Gasteiger partial charge in [0, 0.05) is 22.2 Å². The molecule has 0 unspecified atom stereocenters. The molecule has 2 aliphatic carbocycles. The number of rotatable bonds is 4. The van der Waals surface area contributed by atoms with Crippen LogP contribution in [0, 0.1) is 37.5 Å². The lowest BCUT2D eigenvalue weighted by atomic mass is 9.80.